The van der Waals surface area contributed by atoms with Crippen LogP contribution in [0.4, 0.5) is 0 Å². The van der Waals surface area contributed by atoms with Crippen LogP contribution in [0.15, 0.2) is 49.5 Å². The third-order valence-corrected chi connectivity index (χ3v) is 4.38. The maximum Gasteiger partial charge on any atom is 0.159 e. The minimum atomic E-state index is 0.308. The summed E-state index contributed by atoms with van der Waals surface area (Å²) in [7, 11) is 0. The molecule has 1 aliphatic carbocycles. The number of benzene rings is 1. The highest BCUT2D eigenvalue weighted by molar-refractivity contribution is 5.56. The number of hydrogen-bond donors (Lipinski definition) is 0. The Balaban J connectivity index is 1.67. The highest BCUT2D eigenvalue weighted by atomic mass is 16.5. The molecular formula is C19H19N3O. The van der Waals surface area contributed by atoms with Crippen molar-refractivity contribution in [2.45, 2.75) is 37.7 Å². The van der Waals surface area contributed by atoms with Gasteiger partial charge < -0.3 is 4.74 Å². The van der Waals surface area contributed by atoms with Gasteiger partial charge in [0.25, 0.3) is 0 Å². The van der Waals surface area contributed by atoms with Gasteiger partial charge in [0.05, 0.1) is 24.0 Å². The minimum Gasteiger partial charge on any atom is -0.499 e. The summed E-state index contributed by atoms with van der Waals surface area (Å²) in [6, 6.07) is 9.44. The molecule has 3 rings (SSSR count). The lowest BCUT2D eigenvalue weighted by Crippen LogP contribution is -2.19. The minimum absolute atomic E-state index is 0.308. The molecule has 0 saturated heterocycles. The average molecular weight is 305 g/mol. The number of aromatic nitrogens is 2. The van der Waals surface area contributed by atoms with Gasteiger partial charge in [0, 0.05) is 18.0 Å². The molecule has 0 unspecified atom stereocenters. The van der Waals surface area contributed by atoms with E-state index in [2.05, 4.69) is 22.6 Å². The van der Waals surface area contributed by atoms with Crippen LogP contribution in [0.1, 0.15) is 42.7 Å². The molecule has 0 bridgehead atoms. The van der Waals surface area contributed by atoms with Crippen LogP contribution in [0, 0.1) is 11.3 Å². The van der Waals surface area contributed by atoms with E-state index in [1.54, 1.807) is 18.4 Å². The third-order valence-electron chi connectivity index (χ3n) is 4.38. The summed E-state index contributed by atoms with van der Waals surface area (Å²) in [4.78, 5) is 8.99. The van der Waals surface area contributed by atoms with Crippen molar-refractivity contribution in [3.8, 4) is 17.5 Å². The highest BCUT2D eigenvalue weighted by Crippen LogP contribution is 2.33. The molecule has 1 aromatic heterocycles. The maximum atomic E-state index is 8.84. The molecule has 1 aromatic carbocycles. The van der Waals surface area contributed by atoms with Crippen LogP contribution in [-0.4, -0.2) is 16.1 Å². The SMILES string of the molecule is C=COC1CCC(c2cnc(-c3ccc(C#N)cc3)nc2)CC1. The molecule has 116 valence electrons. The Bertz CT molecular complexity index is 693. The summed E-state index contributed by atoms with van der Waals surface area (Å²) in [5.74, 6) is 1.21. The molecule has 1 aliphatic rings. The summed E-state index contributed by atoms with van der Waals surface area (Å²) in [6.45, 7) is 3.62. The van der Waals surface area contributed by atoms with Gasteiger partial charge in [-0.1, -0.05) is 6.58 Å². The summed E-state index contributed by atoms with van der Waals surface area (Å²) in [6.07, 6.45) is 10.0. The van der Waals surface area contributed by atoms with Crippen molar-refractivity contribution in [3.63, 3.8) is 0 Å². The molecule has 1 fully saturated rings. The molecule has 2 aromatic rings. The lowest BCUT2D eigenvalue weighted by Gasteiger charge is -2.27. The number of hydrogen-bond acceptors (Lipinski definition) is 4. The normalized spacial score (nSPS) is 20.5. The number of ether oxygens (including phenoxy) is 1. The zero-order valence-corrected chi connectivity index (χ0v) is 13.0. The van der Waals surface area contributed by atoms with E-state index < -0.39 is 0 Å². The fraction of sp³-hybridized carbons (Fsp3) is 0.316. The lowest BCUT2D eigenvalue weighted by molar-refractivity contribution is 0.100. The standard InChI is InChI=1S/C19H19N3O/c1-2-23-18-9-7-15(8-10-18)17-12-21-19(22-13-17)16-5-3-14(11-20)4-6-16/h2-6,12-13,15,18H,1,7-10H2. The van der Waals surface area contributed by atoms with Gasteiger partial charge >= 0.3 is 0 Å². The first-order chi connectivity index (χ1) is 11.3. The largest absolute Gasteiger partial charge is 0.499 e. The Labute approximate surface area is 136 Å². The van der Waals surface area contributed by atoms with Crippen molar-refractivity contribution in [1.29, 1.82) is 5.26 Å². The smallest absolute Gasteiger partial charge is 0.159 e. The molecule has 4 nitrogen and oxygen atoms in total. The summed E-state index contributed by atoms with van der Waals surface area (Å²) < 4.78 is 5.47. The molecule has 1 heterocycles. The van der Waals surface area contributed by atoms with E-state index in [9.17, 15) is 0 Å². The average Bonchev–Trinajstić information content (AvgIpc) is 2.63. The zero-order valence-electron chi connectivity index (χ0n) is 13.0. The molecule has 0 N–H and O–H groups in total. The predicted octanol–water partition coefficient (Wildman–Crippen LogP) is 4.20. The second kappa shape index (κ2) is 7.06. The Hall–Kier alpha value is -2.67. The van der Waals surface area contributed by atoms with E-state index in [1.165, 1.54) is 5.56 Å². The van der Waals surface area contributed by atoms with Gasteiger partial charge in [-0.2, -0.15) is 5.26 Å². The molecular weight excluding hydrogens is 286 g/mol. The van der Waals surface area contributed by atoms with Crippen LogP contribution >= 0.6 is 0 Å². The monoisotopic (exact) mass is 305 g/mol. The first kappa shape index (κ1) is 15.2. The van der Waals surface area contributed by atoms with Gasteiger partial charge in [0.1, 0.15) is 0 Å². The molecule has 0 spiro atoms. The highest BCUT2D eigenvalue weighted by Gasteiger charge is 2.23. The van der Waals surface area contributed by atoms with Crippen molar-refractivity contribution in [2.24, 2.45) is 0 Å². The van der Waals surface area contributed by atoms with Gasteiger partial charge in [-0.15, -0.1) is 0 Å². The van der Waals surface area contributed by atoms with Crippen LogP contribution in [0.25, 0.3) is 11.4 Å². The second-order valence-corrected chi connectivity index (χ2v) is 5.81. The molecule has 0 aliphatic heterocycles. The number of nitriles is 1. The van der Waals surface area contributed by atoms with Crippen LogP contribution in [0.2, 0.25) is 0 Å². The quantitative estimate of drug-likeness (QED) is 0.794. The fourth-order valence-corrected chi connectivity index (χ4v) is 3.06. The van der Waals surface area contributed by atoms with E-state index in [-0.39, 0.29) is 0 Å². The van der Waals surface area contributed by atoms with Crippen molar-refractivity contribution < 1.29 is 4.74 Å². The fourth-order valence-electron chi connectivity index (χ4n) is 3.06. The molecule has 0 atom stereocenters. The van der Waals surface area contributed by atoms with Gasteiger partial charge in [-0.3, -0.25) is 0 Å². The Kier molecular flexibility index (Phi) is 4.68. The van der Waals surface area contributed by atoms with Crippen LogP contribution in [0.3, 0.4) is 0 Å². The number of nitrogens with zero attached hydrogens (tertiary/aromatic N) is 3. The van der Waals surface area contributed by atoms with Crippen molar-refractivity contribution in [2.75, 3.05) is 0 Å². The first-order valence-corrected chi connectivity index (χ1v) is 7.89. The second-order valence-electron chi connectivity index (χ2n) is 5.81. The van der Waals surface area contributed by atoms with E-state index >= 15 is 0 Å². The van der Waals surface area contributed by atoms with Crippen LogP contribution in [-0.2, 0) is 4.74 Å². The van der Waals surface area contributed by atoms with Gasteiger partial charge in [-0.05, 0) is 61.4 Å². The topological polar surface area (TPSA) is 58.8 Å². The zero-order chi connectivity index (χ0) is 16.1. The lowest BCUT2D eigenvalue weighted by atomic mass is 9.84. The van der Waals surface area contributed by atoms with E-state index in [0.29, 0.717) is 23.4 Å². The van der Waals surface area contributed by atoms with E-state index in [4.69, 9.17) is 10.00 Å². The molecule has 0 amide bonds. The van der Waals surface area contributed by atoms with E-state index in [0.717, 1.165) is 31.2 Å². The Morgan fingerprint density at radius 3 is 2.30 bits per heavy atom. The maximum absolute atomic E-state index is 8.84. The van der Waals surface area contributed by atoms with Crippen molar-refractivity contribution in [3.05, 3.63) is 60.6 Å². The molecule has 23 heavy (non-hydrogen) atoms. The number of rotatable bonds is 4. The van der Waals surface area contributed by atoms with E-state index in [1.807, 2.05) is 24.5 Å². The van der Waals surface area contributed by atoms with Gasteiger partial charge in [0.2, 0.25) is 0 Å². The van der Waals surface area contributed by atoms with Gasteiger partial charge in [0.15, 0.2) is 5.82 Å². The van der Waals surface area contributed by atoms with Crippen LogP contribution in [0.5, 0.6) is 0 Å². The molecule has 4 heteroatoms. The van der Waals surface area contributed by atoms with Crippen molar-refractivity contribution in [1.82, 2.24) is 9.97 Å². The summed E-state index contributed by atoms with van der Waals surface area (Å²) in [5, 5.41) is 8.84. The van der Waals surface area contributed by atoms with Crippen LogP contribution < -0.4 is 0 Å². The molecule has 0 radical (unpaired) electrons. The Morgan fingerprint density at radius 1 is 1.09 bits per heavy atom. The third kappa shape index (κ3) is 3.57. The first-order valence-electron chi connectivity index (χ1n) is 7.89. The van der Waals surface area contributed by atoms with Gasteiger partial charge in [-0.25, -0.2) is 9.97 Å². The Morgan fingerprint density at radius 2 is 1.74 bits per heavy atom. The summed E-state index contributed by atoms with van der Waals surface area (Å²) in [5.41, 5.74) is 2.77. The van der Waals surface area contributed by atoms with Crippen molar-refractivity contribution >= 4 is 0 Å². The molecule has 1 saturated carbocycles. The summed E-state index contributed by atoms with van der Waals surface area (Å²) >= 11 is 0. The predicted molar refractivity (Wildman–Crippen MR) is 88.5 cm³/mol.